The standard InChI is InChI=1S/C28H27NO6S/c1-18-9-11-22(12-10-18)36(32,33)29-14-13-26(30)34-24-15-19(2)16-25-27(24)20(3)23(28(31)35-25)17-21-7-5-4-6-8-21/h4-12,15-16,29H,13-14,17H2,1-3H3. The maximum absolute atomic E-state index is 12.7. The lowest BCUT2D eigenvalue weighted by Crippen LogP contribution is -2.27. The molecular weight excluding hydrogens is 478 g/mol. The summed E-state index contributed by atoms with van der Waals surface area (Å²) in [5, 5.41) is 0.541. The van der Waals surface area contributed by atoms with Crippen molar-refractivity contribution in [2.75, 3.05) is 6.54 Å². The third-order valence-corrected chi connectivity index (χ3v) is 7.36. The van der Waals surface area contributed by atoms with Gasteiger partial charge in [-0.3, -0.25) is 4.79 Å². The number of rotatable bonds is 8. The van der Waals surface area contributed by atoms with Crippen LogP contribution >= 0.6 is 0 Å². The predicted octanol–water partition coefficient (Wildman–Crippen LogP) is 4.58. The second kappa shape index (κ2) is 10.5. The van der Waals surface area contributed by atoms with Crippen molar-refractivity contribution in [3.8, 4) is 5.75 Å². The Balaban J connectivity index is 1.54. The number of hydrogen-bond donors (Lipinski definition) is 1. The highest BCUT2D eigenvalue weighted by Crippen LogP contribution is 2.32. The van der Waals surface area contributed by atoms with E-state index in [2.05, 4.69) is 4.72 Å². The summed E-state index contributed by atoms with van der Waals surface area (Å²) in [6.07, 6.45) is 0.209. The van der Waals surface area contributed by atoms with Crippen molar-refractivity contribution in [3.63, 3.8) is 0 Å². The lowest BCUT2D eigenvalue weighted by atomic mass is 9.98. The molecule has 0 unspecified atom stereocenters. The third-order valence-electron chi connectivity index (χ3n) is 5.89. The molecule has 0 radical (unpaired) electrons. The molecule has 4 aromatic rings. The maximum Gasteiger partial charge on any atom is 0.340 e. The topological polar surface area (TPSA) is 103 Å². The molecule has 0 spiro atoms. The Morgan fingerprint density at radius 3 is 2.33 bits per heavy atom. The summed E-state index contributed by atoms with van der Waals surface area (Å²) in [5.41, 5.74) is 3.71. The van der Waals surface area contributed by atoms with Crippen LogP contribution in [-0.2, 0) is 21.2 Å². The summed E-state index contributed by atoms with van der Waals surface area (Å²) in [7, 11) is -3.74. The van der Waals surface area contributed by atoms with Crippen LogP contribution in [0.15, 0.2) is 80.8 Å². The zero-order valence-electron chi connectivity index (χ0n) is 20.3. The molecule has 0 bridgehead atoms. The number of esters is 1. The van der Waals surface area contributed by atoms with Crippen LogP contribution in [0.1, 0.15) is 34.2 Å². The van der Waals surface area contributed by atoms with Gasteiger partial charge in [0.25, 0.3) is 0 Å². The quantitative estimate of drug-likeness (QED) is 0.214. The van der Waals surface area contributed by atoms with Gasteiger partial charge in [0.2, 0.25) is 10.0 Å². The Hall–Kier alpha value is -3.75. The highest BCUT2D eigenvalue weighted by Gasteiger charge is 2.19. The summed E-state index contributed by atoms with van der Waals surface area (Å²) in [4.78, 5) is 25.5. The summed E-state index contributed by atoms with van der Waals surface area (Å²) < 4.78 is 38.6. The van der Waals surface area contributed by atoms with Gasteiger partial charge in [-0.2, -0.15) is 0 Å². The Morgan fingerprint density at radius 2 is 1.64 bits per heavy atom. The molecule has 4 rings (SSSR count). The first kappa shape index (κ1) is 25.3. The van der Waals surface area contributed by atoms with E-state index in [0.717, 1.165) is 16.7 Å². The molecule has 0 atom stereocenters. The Bertz CT molecular complexity index is 1570. The fourth-order valence-electron chi connectivity index (χ4n) is 3.98. The summed E-state index contributed by atoms with van der Waals surface area (Å²) in [5.74, 6) is -0.337. The van der Waals surface area contributed by atoms with Gasteiger partial charge in [-0.05, 0) is 61.7 Å². The maximum atomic E-state index is 12.7. The molecule has 0 fully saturated rings. The Labute approximate surface area is 209 Å². The summed E-state index contributed by atoms with van der Waals surface area (Å²) in [6, 6.07) is 19.4. The highest BCUT2D eigenvalue weighted by molar-refractivity contribution is 7.89. The van der Waals surface area contributed by atoms with Crippen LogP contribution in [0.4, 0.5) is 0 Å². The Kier molecular flexibility index (Phi) is 7.37. The molecule has 0 aliphatic carbocycles. The molecule has 1 aromatic heterocycles. The van der Waals surface area contributed by atoms with Crippen molar-refractivity contribution in [2.24, 2.45) is 0 Å². The molecule has 0 saturated heterocycles. The van der Waals surface area contributed by atoms with E-state index in [1.807, 2.05) is 37.3 Å². The summed E-state index contributed by atoms with van der Waals surface area (Å²) in [6.45, 7) is 5.36. The number of nitrogens with one attached hydrogen (secondary N) is 1. The van der Waals surface area contributed by atoms with Gasteiger partial charge in [-0.15, -0.1) is 0 Å². The van der Waals surface area contributed by atoms with Gasteiger partial charge < -0.3 is 9.15 Å². The lowest BCUT2D eigenvalue weighted by molar-refractivity contribution is -0.134. The minimum Gasteiger partial charge on any atom is -0.426 e. The van der Waals surface area contributed by atoms with E-state index in [9.17, 15) is 18.0 Å². The van der Waals surface area contributed by atoms with Crippen LogP contribution in [-0.4, -0.2) is 20.9 Å². The molecule has 36 heavy (non-hydrogen) atoms. The van der Waals surface area contributed by atoms with Crippen LogP contribution in [0.5, 0.6) is 5.75 Å². The SMILES string of the molecule is Cc1ccc(S(=O)(=O)NCCC(=O)Oc2cc(C)cc3oc(=O)c(Cc4ccccc4)c(C)c23)cc1. The number of carbonyl (C=O) groups is 1. The monoisotopic (exact) mass is 505 g/mol. The zero-order chi connectivity index (χ0) is 25.9. The zero-order valence-corrected chi connectivity index (χ0v) is 21.1. The lowest BCUT2D eigenvalue weighted by Gasteiger charge is -2.13. The number of fused-ring (bicyclic) bond motifs is 1. The van der Waals surface area contributed by atoms with Crippen molar-refractivity contribution >= 4 is 27.0 Å². The largest absolute Gasteiger partial charge is 0.426 e. The van der Waals surface area contributed by atoms with Crippen LogP contribution in [0, 0.1) is 20.8 Å². The molecule has 186 valence electrons. The number of benzene rings is 3. The predicted molar refractivity (Wildman–Crippen MR) is 138 cm³/mol. The average Bonchev–Trinajstić information content (AvgIpc) is 2.82. The number of hydrogen-bond acceptors (Lipinski definition) is 6. The first-order valence-corrected chi connectivity index (χ1v) is 13.0. The number of sulfonamides is 1. The molecule has 0 aliphatic heterocycles. The van der Waals surface area contributed by atoms with Gasteiger partial charge in [0.15, 0.2) is 0 Å². The van der Waals surface area contributed by atoms with E-state index in [1.54, 1.807) is 38.1 Å². The van der Waals surface area contributed by atoms with E-state index in [-0.39, 0.29) is 23.6 Å². The molecule has 7 nitrogen and oxygen atoms in total. The number of ether oxygens (including phenoxy) is 1. The minimum atomic E-state index is -3.74. The van der Waals surface area contributed by atoms with Crippen molar-refractivity contribution < 1.29 is 22.4 Å². The number of carbonyl (C=O) groups excluding carboxylic acids is 1. The molecule has 8 heteroatoms. The van der Waals surface area contributed by atoms with Crippen LogP contribution in [0.25, 0.3) is 11.0 Å². The fourth-order valence-corrected chi connectivity index (χ4v) is 5.02. The summed E-state index contributed by atoms with van der Waals surface area (Å²) >= 11 is 0. The van der Waals surface area contributed by atoms with E-state index in [0.29, 0.717) is 28.5 Å². The average molecular weight is 506 g/mol. The van der Waals surface area contributed by atoms with Gasteiger partial charge in [-0.1, -0.05) is 48.0 Å². The van der Waals surface area contributed by atoms with Crippen molar-refractivity contribution in [1.82, 2.24) is 4.72 Å². The van der Waals surface area contributed by atoms with Gasteiger partial charge in [0, 0.05) is 18.5 Å². The van der Waals surface area contributed by atoms with E-state index in [1.165, 1.54) is 12.1 Å². The highest BCUT2D eigenvalue weighted by atomic mass is 32.2. The van der Waals surface area contributed by atoms with Crippen LogP contribution in [0.2, 0.25) is 0 Å². The second-order valence-electron chi connectivity index (χ2n) is 8.73. The van der Waals surface area contributed by atoms with Crippen molar-refractivity contribution in [2.45, 2.75) is 38.5 Å². The van der Waals surface area contributed by atoms with Gasteiger partial charge in [-0.25, -0.2) is 17.9 Å². The molecule has 1 heterocycles. The molecule has 3 aromatic carbocycles. The van der Waals surface area contributed by atoms with Gasteiger partial charge in [0.05, 0.1) is 16.7 Å². The molecule has 0 aliphatic rings. The van der Waals surface area contributed by atoms with E-state index >= 15 is 0 Å². The molecule has 0 saturated carbocycles. The second-order valence-corrected chi connectivity index (χ2v) is 10.5. The van der Waals surface area contributed by atoms with Crippen molar-refractivity contribution in [3.05, 3.63) is 105 Å². The van der Waals surface area contributed by atoms with Gasteiger partial charge in [0.1, 0.15) is 11.3 Å². The van der Waals surface area contributed by atoms with Crippen LogP contribution < -0.4 is 15.1 Å². The van der Waals surface area contributed by atoms with E-state index in [4.69, 9.17) is 9.15 Å². The first-order valence-electron chi connectivity index (χ1n) is 11.5. The normalized spacial score (nSPS) is 11.5. The molecular formula is C28H27NO6S. The minimum absolute atomic E-state index is 0.119. The third kappa shape index (κ3) is 5.72. The smallest absolute Gasteiger partial charge is 0.340 e. The molecule has 1 N–H and O–H groups in total. The number of aryl methyl sites for hydroxylation is 3. The van der Waals surface area contributed by atoms with E-state index < -0.39 is 21.6 Å². The first-order chi connectivity index (χ1) is 17.1. The van der Waals surface area contributed by atoms with Gasteiger partial charge >= 0.3 is 11.6 Å². The molecule has 0 amide bonds. The Morgan fingerprint density at radius 1 is 0.944 bits per heavy atom. The van der Waals surface area contributed by atoms with Crippen LogP contribution in [0.3, 0.4) is 0 Å². The fraction of sp³-hybridized carbons (Fsp3) is 0.214. The van der Waals surface area contributed by atoms with Crippen molar-refractivity contribution in [1.29, 1.82) is 0 Å².